The van der Waals surface area contributed by atoms with E-state index in [9.17, 15) is 9.59 Å². The van der Waals surface area contributed by atoms with Crippen molar-refractivity contribution in [2.45, 2.75) is 37.5 Å². The number of hydrogen-bond acceptors (Lipinski definition) is 4. The molecule has 0 unspecified atom stereocenters. The Bertz CT molecular complexity index is 861. The van der Waals surface area contributed by atoms with Gasteiger partial charge in [0, 0.05) is 19.0 Å². The summed E-state index contributed by atoms with van der Waals surface area (Å²) >= 11 is 0. The van der Waals surface area contributed by atoms with Crippen LogP contribution in [0, 0.1) is 0 Å². The Hall–Kier alpha value is -3.28. The van der Waals surface area contributed by atoms with E-state index in [0.717, 1.165) is 12.8 Å². The van der Waals surface area contributed by atoms with E-state index < -0.39 is 6.09 Å². The smallest absolute Gasteiger partial charge is 0.407 e. The number of carbonyl (C=O) groups is 2. The van der Waals surface area contributed by atoms with Gasteiger partial charge >= 0.3 is 6.09 Å². The molecule has 0 heterocycles. The highest BCUT2D eigenvalue weighted by Gasteiger charge is 2.34. The lowest BCUT2D eigenvalue weighted by Gasteiger charge is -2.38. The maximum Gasteiger partial charge on any atom is 0.407 e. The molecule has 1 aliphatic rings. The van der Waals surface area contributed by atoms with E-state index in [1.165, 1.54) is 37.9 Å². The molecule has 0 aliphatic heterocycles. The minimum atomic E-state index is -0.426. The van der Waals surface area contributed by atoms with Crippen molar-refractivity contribution in [3.05, 3.63) is 78.4 Å². The lowest BCUT2D eigenvalue weighted by molar-refractivity contribution is 0.0933. The van der Waals surface area contributed by atoms with E-state index >= 15 is 0 Å². The van der Waals surface area contributed by atoms with Crippen molar-refractivity contribution in [2.24, 2.45) is 0 Å². The Kier molecular flexibility index (Phi) is 10.3. The van der Waals surface area contributed by atoms with E-state index in [4.69, 9.17) is 4.74 Å². The fourth-order valence-corrected chi connectivity index (χ4v) is 3.97. The van der Waals surface area contributed by atoms with Crippen LogP contribution in [0.25, 0.3) is 0 Å². The first kappa shape index (κ1) is 25.0. The zero-order chi connectivity index (χ0) is 23.2. The molecule has 2 aromatic carbocycles. The molecule has 0 radical (unpaired) electrons. The van der Waals surface area contributed by atoms with Crippen LogP contribution in [0.2, 0.25) is 0 Å². The number of hydrogen-bond donors (Lipinski definition) is 2. The van der Waals surface area contributed by atoms with Crippen molar-refractivity contribution in [1.29, 1.82) is 0 Å². The van der Waals surface area contributed by atoms with Gasteiger partial charge < -0.3 is 20.1 Å². The van der Waals surface area contributed by atoms with Crippen LogP contribution < -0.4 is 15.4 Å². The van der Waals surface area contributed by atoms with E-state index in [2.05, 4.69) is 46.2 Å². The second kappa shape index (κ2) is 13.2. The number of nitrogens with one attached hydrogen (secondary N) is 2. The van der Waals surface area contributed by atoms with Crippen LogP contribution in [0.15, 0.2) is 67.3 Å². The molecule has 0 bridgehead atoms. The number of amides is 2. The van der Waals surface area contributed by atoms with E-state index in [1.807, 2.05) is 30.3 Å². The Labute approximate surface area is 191 Å². The Morgan fingerprint density at radius 1 is 1.03 bits per heavy atom. The Balaban J connectivity index is 0.000000390. The van der Waals surface area contributed by atoms with Gasteiger partial charge in [-0.15, -0.1) is 0 Å². The lowest BCUT2D eigenvalue weighted by Crippen LogP contribution is -2.42. The molecule has 0 atom stereocenters. The van der Waals surface area contributed by atoms with Crippen LogP contribution >= 0.6 is 0 Å². The summed E-state index contributed by atoms with van der Waals surface area (Å²) in [7, 11) is 3.10. The van der Waals surface area contributed by atoms with Crippen LogP contribution in [0.5, 0.6) is 5.75 Å². The van der Waals surface area contributed by atoms with Crippen molar-refractivity contribution in [3.8, 4) is 5.75 Å². The minimum Gasteiger partial charge on any atom is -0.496 e. The molecule has 6 nitrogen and oxygen atoms in total. The zero-order valence-electron chi connectivity index (χ0n) is 19.1. The summed E-state index contributed by atoms with van der Waals surface area (Å²) in [6, 6.07) is 18.0. The number of carbonyl (C=O) groups excluding carboxylic acids is 2. The maximum absolute atomic E-state index is 12.6. The number of para-hydroxylation sites is 1. The normalized spacial score (nSPS) is 14.2. The molecule has 0 saturated heterocycles. The molecule has 3 rings (SSSR count). The van der Waals surface area contributed by atoms with Crippen LogP contribution in [0.3, 0.4) is 0 Å². The second-order valence-electron chi connectivity index (χ2n) is 7.73. The average Bonchev–Trinajstić information content (AvgIpc) is 2.87. The number of rotatable bonds is 7. The zero-order valence-corrected chi connectivity index (χ0v) is 19.1. The fraction of sp³-hybridized carbons (Fsp3) is 0.385. The Morgan fingerprint density at radius 2 is 1.69 bits per heavy atom. The summed E-state index contributed by atoms with van der Waals surface area (Å²) in [5, 5.41) is 5.45. The van der Waals surface area contributed by atoms with Gasteiger partial charge in [0.05, 0.1) is 12.7 Å². The highest BCUT2D eigenvalue weighted by atomic mass is 16.5. The van der Waals surface area contributed by atoms with Crippen LogP contribution in [-0.4, -0.2) is 39.3 Å². The molecule has 0 spiro atoms. The van der Waals surface area contributed by atoms with E-state index in [0.29, 0.717) is 17.9 Å². The third-order valence-electron chi connectivity index (χ3n) is 5.67. The van der Waals surface area contributed by atoms with Crippen LogP contribution in [-0.2, 0) is 10.2 Å². The first-order chi connectivity index (χ1) is 15.6. The molecule has 0 aromatic heterocycles. The summed E-state index contributed by atoms with van der Waals surface area (Å²) in [4.78, 5) is 22.8. The van der Waals surface area contributed by atoms with Crippen molar-refractivity contribution in [2.75, 3.05) is 27.3 Å². The van der Waals surface area contributed by atoms with E-state index in [1.54, 1.807) is 7.11 Å². The molecular weight excluding hydrogens is 404 g/mol. The van der Waals surface area contributed by atoms with Gasteiger partial charge in [-0.25, -0.2) is 4.79 Å². The van der Waals surface area contributed by atoms with Gasteiger partial charge in [-0.3, -0.25) is 4.79 Å². The van der Waals surface area contributed by atoms with Gasteiger partial charge in [-0.2, -0.15) is 0 Å². The van der Waals surface area contributed by atoms with Crippen LogP contribution in [0.4, 0.5) is 4.79 Å². The highest BCUT2D eigenvalue weighted by molar-refractivity contribution is 5.96. The number of benzene rings is 2. The van der Waals surface area contributed by atoms with Gasteiger partial charge in [0.2, 0.25) is 0 Å². The summed E-state index contributed by atoms with van der Waals surface area (Å²) < 4.78 is 9.78. The molecule has 1 saturated carbocycles. The number of ether oxygens (including phenoxy) is 2. The van der Waals surface area contributed by atoms with Crippen LogP contribution in [0.1, 0.15) is 48.0 Å². The topological polar surface area (TPSA) is 76.7 Å². The minimum absolute atomic E-state index is 0.0528. The fourth-order valence-electron chi connectivity index (χ4n) is 3.97. The first-order valence-electron chi connectivity index (χ1n) is 11.0. The molecule has 32 heavy (non-hydrogen) atoms. The lowest BCUT2D eigenvalue weighted by atomic mass is 9.69. The largest absolute Gasteiger partial charge is 0.496 e. The molecule has 2 amide bonds. The monoisotopic (exact) mass is 438 g/mol. The highest BCUT2D eigenvalue weighted by Crippen LogP contribution is 2.39. The predicted octanol–water partition coefficient (Wildman–Crippen LogP) is 4.86. The van der Waals surface area contributed by atoms with Crippen molar-refractivity contribution >= 4 is 12.0 Å². The average molecular weight is 439 g/mol. The van der Waals surface area contributed by atoms with Crippen molar-refractivity contribution in [1.82, 2.24) is 10.6 Å². The number of alkyl carbamates (subject to hydrolysis) is 1. The molecule has 6 heteroatoms. The van der Waals surface area contributed by atoms with Crippen molar-refractivity contribution < 1.29 is 19.1 Å². The van der Waals surface area contributed by atoms with E-state index in [-0.39, 0.29) is 17.9 Å². The van der Waals surface area contributed by atoms with Gasteiger partial charge in [-0.05, 0) is 30.5 Å². The van der Waals surface area contributed by atoms with Gasteiger partial charge in [0.25, 0.3) is 5.91 Å². The number of methoxy groups -OCH3 is 1. The van der Waals surface area contributed by atoms with Gasteiger partial charge in [0.1, 0.15) is 12.4 Å². The summed E-state index contributed by atoms with van der Waals surface area (Å²) in [5.74, 6) is 0.556. The first-order valence-corrected chi connectivity index (χ1v) is 11.0. The van der Waals surface area contributed by atoms with Gasteiger partial charge in [0.15, 0.2) is 0 Å². The SMILES string of the molecule is C=CCOC(=O)NC.COc1ccccc1C(=O)NCC1(c2ccccc2)CCCCC1. The third-order valence-corrected chi connectivity index (χ3v) is 5.67. The van der Waals surface area contributed by atoms with Gasteiger partial charge in [-0.1, -0.05) is 74.4 Å². The molecule has 1 aliphatic carbocycles. The molecule has 2 aromatic rings. The molecular formula is C26H34N2O4. The quantitative estimate of drug-likeness (QED) is 0.606. The van der Waals surface area contributed by atoms with Crippen molar-refractivity contribution in [3.63, 3.8) is 0 Å². The standard InChI is InChI=1S/C21H25NO2.C5H9NO2/c1-24-19-13-7-6-12-18(19)20(23)22-16-21(14-8-3-9-15-21)17-10-4-2-5-11-17;1-3-4-8-5(7)6-2/h2,4-7,10-13H,3,8-9,14-16H2,1H3,(H,22,23);3H,1,4H2,2H3,(H,6,7). The predicted molar refractivity (Wildman–Crippen MR) is 127 cm³/mol. The Morgan fingerprint density at radius 3 is 2.31 bits per heavy atom. The summed E-state index contributed by atoms with van der Waals surface area (Å²) in [6.07, 6.45) is 7.07. The second-order valence-corrected chi connectivity index (χ2v) is 7.73. The third kappa shape index (κ3) is 7.15. The molecule has 1 fully saturated rings. The summed E-state index contributed by atoms with van der Waals surface area (Å²) in [5.41, 5.74) is 1.99. The maximum atomic E-state index is 12.6. The molecule has 172 valence electrons. The summed E-state index contributed by atoms with van der Waals surface area (Å²) in [6.45, 7) is 4.30. The molecule has 2 N–H and O–H groups in total.